The Labute approximate surface area is 158 Å². The van der Waals surface area contributed by atoms with E-state index in [0.717, 1.165) is 21.6 Å². The number of benzene rings is 2. The Kier molecular flexibility index (Phi) is 4.68. The van der Waals surface area contributed by atoms with Crippen molar-refractivity contribution < 1.29 is 20.1 Å². The molecule has 0 amide bonds. The molecule has 4 aromatic rings. The van der Waals surface area contributed by atoms with Gasteiger partial charge in [-0.2, -0.15) is 0 Å². The maximum Gasteiger partial charge on any atom is 0.0674 e. The SMILES string of the molecule is Cc1cc(C)c(-n2ccnc2-c2[c-]cc3ncsc3c2)c(C)c1.[Ir]. The molecule has 0 saturated heterocycles. The molecule has 0 saturated carbocycles. The summed E-state index contributed by atoms with van der Waals surface area (Å²) in [5, 5.41) is 0. The van der Waals surface area contributed by atoms with Crippen LogP contribution in [0.25, 0.3) is 27.3 Å². The second-order valence-corrected chi connectivity index (χ2v) is 6.70. The summed E-state index contributed by atoms with van der Waals surface area (Å²) in [6, 6.07) is 11.8. The van der Waals surface area contributed by atoms with Crippen molar-refractivity contribution in [1.82, 2.24) is 14.5 Å². The smallest absolute Gasteiger partial charge is 0.0674 e. The number of aromatic nitrogens is 3. The summed E-state index contributed by atoms with van der Waals surface area (Å²) in [7, 11) is 0. The molecule has 5 heteroatoms. The Hall–Kier alpha value is -1.81. The topological polar surface area (TPSA) is 30.7 Å². The molecule has 1 radical (unpaired) electrons. The van der Waals surface area contributed by atoms with Crippen LogP contribution >= 0.6 is 11.3 Å². The molecule has 123 valence electrons. The third kappa shape index (κ3) is 2.84. The molecule has 0 aliphatic carbocycles. The molecule has 0 bridgehead atoms. The van der Waals surface area contributed by atoms with E-state index in [4.69, 9.17) is 0 Å². The number of hydrogen-bond donors (Lipinski definition) is 0. The summed E-state index contributed by atoms with van der Waals surface area (Å²) >= 11 is 1.64. The van der Waals surface area contributed by atoms with Crippen molar-refractivity contribution in [3.8, 4) is 17.1 Å². The van der Waals surface area contributed by atoms with E-state index in [0.29, 0.717) is 0 Å². The molecule has 0 aliphatic rings. The molecule has 24 heavy (non-hydrogen) atoms. The van der Waals surface area contributed by atoms with Gasteiger partial charge in [-0.15, -0.1) is 35.1 Å². The number of hydrogen-bond acceptors (Lipinski definition) is 3. The van der Waals surface area contributed by atoms with Gasteiger partial charge < -0.3 is 4.57 Å². The van der Waals surface area contributed by atoms with Crippen LogP contribution in [0.15, 0.2) is 42.2 Å². The number of rotatable bonds is 2. The molecule has 0 aliphatic heterocycles. The van der Waals surface area contributed by atoms with Crippen LogP contribution in [0.4, 0.5) is 0 Å². The van der Waals surface area contributed by atoms with Crippen LogP contribution in [0.2, 0.25) is 0 Å². The fraction of sp³-hybridized carbons (Fsp3) is 0.158. The predicted octanol–water partition coefficient (Wildman–Crippen LogP) is 4.87. The average Bonchev–Trinajstić information content (AvgIpc) is 3.13. The fourth-order valence-electron chi connectivity index (χ4n) is 3.16. The number of thiazole rings is 1. The summed E-state index contributed by atoms with van der Waals surface area (Å²) in [6.45, 7) is 6.43. The zero-order valence-corrected chi connectivity index (χ0v) is 16.8. The first kappa shape index (κ1) is 17.0. The van der Waals surface area contributed by atoms with Crippen molar-refractivity contribution in [3.63, 3.8) is 0 Å². The average molecular weight is 511 g/mol. The van der Waals surface area contributed by atoms with E-state index < -0.39 is 0 Å². The molecule has 2 aromatic carbocycles. The molecule has 2 aromatic heterocycles. The van der Waals surface area contributed by atoms with Gasteiger partial charge in [0.25, 0.3) is 0 Å². The zero-order valence-electron chi connectivity index (χ0n) is 13.6. The van der Waals surface area contributed by atoms with Crippen molar-refractivity contribution >= 4 is 21.6 Å². The molecule has 0 N–H and O–H groups in total. The van der Waals surface area contributed by atoms with E-state index in [-0.39, 0.29) is 20.1 Å². The Balaban J connectivity index is 0.00000169. The van der Waals surface area contributed by atoms with Crippen molar-refractivity contribution in [2.75, 3.05) is 0 Å². The van der Waals surface area contributed by atoms with Crippen molar-refractivity contribution in [2.45, 2.75) is 20.8 Å². The summed E-state index contributed by atoms with van der Waals surface area (Å²) in [6.07, 6.45) is 3.86. The van der Waals surface area contributed by atoms with Gasteiger partial charge in [-0.3, -0.25) is 9.97 Å². The fourth-order valence-corrected chi connectivity index (χ4v) is 3.86. The number of nitrogens with zero attached hydrogens (tertiary/aromatic N) is 3. The number of fused-ring (bicyclic) bond motifs is 1. The van der Waals surface area contributed by atoms with Crippen LogP contribution in [0.1, 0.15) is 16.7 Å². The summed E-state index contributed by atoms with van der Waals surface area (Å²) in [5.41, 5.74) is 8.82. The zero-order chi connectivity index (χ0) is 16.0. The minimum absolute atomic E-state index is 0. The van der Waals surface area contributed by atoms with E-state index in [2.05, 4.69) is 59.6 Å². The largest absolute Gasteiger partial charge is 0.340 e. The van der Waals surface area contributed by atoms with Crippen molar-refractivity contribution in [1.29, 1.82) is 0 Å². The Bertz CT molecular complexity index is 993. The molecular formula is C19H16IrN3S-. The summed E-state index contributed by atoms with van der Waals surface area (Å²) in [4.78, 5) is 8.89. The number of aryl methyl sites for hydroxylation is 3. The maximum atomic E-state index is 4.57. The van der Waals surface area contributed by atoms with E-state index in [1.54, 1.807) is 11.3 Å². The Morgan fingerprint density at radius 2 is 1.79 bits per heavy atom. The van der Waals surface area contributed by atoms with Crippen LogP contribution in [0.3, 0.4) is 0 Å². The van der Waals surface area contributed by atoms with Crippen LogP contribution < -0.4 is 0 Å². The van der Waals surface area contributed by atoms with Gasteiger partial charge in [0.05, 0.1) is 11.3 Å². The minimum atomic E-state index is 0. The third-order valence-electron chi connectivity index (χ3n) is 4.02. The van der Waals surface area contributed by atoms with Gasteiger partial charge in [-0.25, -0.2) is 0 Å². The maximum absolute atomic E-state index is 4.57. The standard InChI is InChI=1S/C19H16N3S.Ir/c1-12-8-13(2)18(14(3)9-12)22-7-6-20-19(22)15-4-5-16-17(10-15)23-11-21-16;/h5-11H,1-3H3;/q-1;. The first-order valence-electron chi connectivity index (χ1n) is 7.50. The molecular weight excluding hydrogens is 495 g/mol. The summed E-state index contributed by atoms with van der Waals surface area (Å²) in [5.74, 6) is 0.912. The second kappa shape index (κ2) is 6.59. The Morgan fingerprint density at radius 3 is 2.54 bits per heavy atom. The van der Waals surface area contributed by atoms with E-state index >= 15 is 0 Å². The van der Waals surface area contributed by atoms with Gasteiger partial charge in [0.1, 0.15) is 0 Å². The summed E-state index contributed by atoms with van der Waals surface area (Å²) < 4.78 is 3.31. The molecule has 0 unspecified atom stereocenters. The quantitative estimate of drug-likeness (QED) is 0.360. The first-order chi connectivity index (χ1) is 11.1. The van der Waals surface area contributed by atoms with Gasteiger partial charge in [0.2, 0.25) is 0 Å². The van der Waals surface area contributed by atoms with Crippen LogP contribution in [-0.2, 0) is 20.1 Å². The van der Waals surface area contributed by atoms with Gasteiger partial charge >= 0.3 is 0 Å². The van der Waals surface area contributed by atoms with E-state index in [1.165, 1.54) is 22.4 Å². The third-order valence-corrected chi connectivity index (χ3v) is 4.81. The normalized spacial score (nSPS) is 10.8. The van der Waals surface area contributed by atoms with E-state index in [1.807, 2.05) is 24.0 Å². The monoisotopic (exact) mass is 511 g/mol. The van der Waals surface area contributed by atoms with E-state index in [9.17, 15) is 0 Å². The molecule has 2 heterocycles. The van der Waals surface area contributed by atoms with Gasteiger partial charge in [-0.05, 0) is 42.1 Å². The van der Waals surface area contributed by atoms with Crippen molar-refractivity contribution in [3.05, 3.63) is 64.9 Å². The first-order valence-corrected chi connectivity index (χ1v) is 8.38. The second-order valence-electron chi connectivity index (χ2n) is 5.82. The Morgan fingerprint density at radius 1 is 1.04 bits per heavy atom. The molecule has 4 rings (SSSR count). The van der Waals surface area contributed by atoms with Gasteiger partial charge in [-0.1, -0.05) is 17.7 Å². The molecule has 0 spiro atoms. The molecule has 0 fully saturated rings. The van der Waals surface area contributed by atoms with Gasteiger partial charge in [0, 0.05) is 38.2 Å². The van der Waals surface area contributed by atoms with Crippen LogP contribution in [0.5, 0.6) is 0 Å². The molecule has 0 atom stereocenters. The number of imidazole rings is 1. The minimum Gasteiger partial charge on any atom is -0.340 e. The predicted molar refractivity (Wildman–Crippen MR) is 95.2 cm³/mol. The van der Waals surface area contributed by atoms with Gasteiger partial charge in [0.15, 0.2) is 0 Å². The van der Waals surface area contributed by atoms with Crippen molar-refractivity contribution in [2.24, 2.45) is 0 Å². The molecule has 3 nitrogen and oxygen atoms in total. The van der Waals surface area contributed by atoms with Crippen LogP contribution in [0, 0.1) is 26.8 Å². The van der Waals surface area contributed by atoms with Crippen LogP contribution in [-0.4, -0.2) is 14.5 Å².